The Morgan fingerprint density at radius 3 is 2.67 bits per heavy atom. The van der Waals surface area contributed by atoms with Gasteiger partial charge in [0.25, 0.3) is 0 Å². The van der Waals surface area contributed by atoms with Gasteiger partial charge >= 0.3 is 0 Å². The third kappa shape index (κ3) is 3.15. The number of carbonyl (C=O) groups is 1. The summed E-state index contributed by atoms with van der Waals surface area (Å²) in [7, 11) is 0. The Labute approximate surface area is 87.8 Å². The van der Waals surface area contributed by atoms with Gasteiger partial charge in [-0.2, -0.15) is 0 Å². The van der Waals surface area contributed by atoms with E-state index in [-0.39, 0.29) is 18.7 Å². The van der Waals surface area contributed by atoms with Gasteiger partial charge in [-0.1, -0.05) is 12.0 Å². The molecule has 0 saturated carbocycles. The molecule has 2 atom stereocenters. The normalized spacial score (nSPS) is 16.3. The van der Waals surface area contributed by atoms with E-state index in [9.17, 15) is 4.79 Å². The van der Waals surface area contributed by atoms with Crippen molar-refractivity contribution in [2.24, 2.45) is 22.4 Å². The topological polar surface area (TPSA) is 156 Å². The van der Waals surface area contributed by atoms with E-state index >= 15 is 0 Å². The van der Waals surface area contributed by atoms with Crippen LogP contribution < -0.4 is 22.7 Å². The number of rotatable bonds is 7. The Hall–Kier alpha value is -1.18. The second kappa shape index (κ2) is 6.33. The summed E-state index contributed by atoms with van der Waals surface area (Å²) in [6, 6.07) is -0.897. The lowest BCUT2D eigenvalue weighted by molar-refractivity contribution is -0.126. The number of nitrogens with zero attached hydrogens (tertiary/aromatic N) is 3. The van der Waals surface area contributed by atoms with Crippen molar-refractivity contribution < 1.29 is 4.79 Å². The molecule has 2 unspecified atom stereocenters. The Bertz CT molecular complexity index is 262. The number of hydrazine groups is 1. The maximum Gasteiger partial charge on any atom is 0.168 e. The van der Waals surface area contributed by atoms with Crippen LogP contribution in [-0.2, 0) is 4.79 Å². The minimum absolute atomic E-state index is 0.0553. The number of hydrogen-bond donors (Lipinski definition) is 4. The van der Waals surface area contributed by atoms with E-state index in [0.717, 1.165) is 0 Å². The van der Waals surface area contributed by atoms with E-state index in [0.29, 0.717) is 6.42 Å². The van der Waals surface area contributed by atoms with Crippen molar-refractivity contribution in [3.8, 4) is 0 Å². The average molecular weight is 215 g/mol. The van der Waals surface area contributed by atoms with Gasteiger partial charge in [-0.25, -0.2) is 5.43 Å². The molecule has 0 aromatic rings. The monoisotopic (exact) mass is 215 g/mol. The molecule has 0 rings (SSSR count). The van der Waals surface area contributed by atoms with E-state index in [1.807, 2.05) is 6.92 Å². The first-order chi connectivity index (χ1) is 7.06. The smallest absolute Gasteiger partial charge is 0.168 e. The van der Waals surface area contributed by atoms with Gasteiger partial charge in [0.05, 0.1) is 6.04 Å². The molecule has 0 aromatic carbocycles. The molecule has 0 aliphatic carbocycles. The third-order valence-electron chi connectivity index (χ3n) is 2.12. The molecule has 0 fully saturated rings. The second-order valence-electron chi connectivity index (χ2n) is 3.14. The Morgan fingerprint density at radius 1 is 1.73 bits per heavy atom. The highest BCUT2D eigenvalue weighted by atomic mass is 16.1. The first kappa shape index (κ1) is 13.8. The Balaban J connectivity index is 4.94. The van der Waals surface area contributed by atoms with Gasteiger partial charge in [0.2, 0.25) is 0 Å². The summed E-state index contributed by atoms with van der Waals surface area (Å²) in [6.45, 7) is 1.78. The van der Waals surface area contributed by atoms with E-state index in [1.165, 1.54) is 0 Å². The van der Waals surface area contributed by atoms with Crippen LogP contribution in [0.5, 0.6) is 0 Å². The molecule has 0 radical (unpaired) electrons. The fraction of sp³-hybridized carbons (Fsp3) is 0.857. The summed E-state index contributed by atoms with van der Waals surface area (Å²) >= 11 is 0. The van der Waals surface area contributed by atoms with Crippen LogP contribution in [0.2, 0.25) is 0 Å². The van der Waals surface area contributed by atoms with Crippen LogP contribution in [-0.4, -0.2) is 24.0 Å². The largest absolute Gasteiger partial charge is 0.330 e. The molecule has 8 heteroatoms. The zero-order valence-electron chi connectivity index (χ0n) is 8.68. The Kier molecular flexibility index (Phi) is 5.83. The summed E-state index contributed by atoms with van der Waals surface area (Å²) in [5.41, 5.74) is 20.0. The van der Waals surface area contributed by atoms with Gasteiger partial charge in [-0.3, -0.25) is 10.6 Å². The molecule has 15 heavy (non-hydrogen) atoms. The van der Waals surface area contributed by atoms with Crippen molar-refractivity contribution in [2.45, 2.75) is 31.5 Å². The molecule has 0 aliphatic heterocycles. The lowest BCUT2D eigenvalue weighted by Crippen LogP contribution is -2.70. The number of azide groups is 1. The van der Waals surface area contributed by atoms with Gasteiger partial charge in [-0.05, 0) is 12.0 Å². The number of hydrogen-bond acceptors (Lipinski definition) is 6. The first-order valence-electron chi connectivity index (χ1n) is 4.61. The van der Waals surface area contributed by atoms with Gasteiger partial charge < -0.3 is 11.5 Å². The number of carbonyl (C=O) groups excluding carboxylic acids is 1. The van der Waals surface area contributed by atoms with Crippen LogP contribution in [0.25, 0.3) is 10.4 Å². The molecule has 0 amide bonds. The minimum atomic E-state index is -1.59. The van der Waals surface area contributed by atoms with E-state index in [2.05, 4.69) is 15.5 Å². The van der Waals surface area contributed by atoms with Crippen molar-refractivity contribution >= 4 is 5.78 Å². The van der Waals surface area contributed by atoms with Crippen LogP contribution in [0, 0.1) is 0 Å². The summed E-state index contributed by atoms with van der Waals surface area (Å²) in [6.07, 6.45) is 0.880. The zero-order chi connectivity index (χ0) is 11.9. The molecule has 8 nitrogen and oxygen atoms in total. The highest BCUT2D eigenvalue weighted by Gasteiger charge is 2.39. The average Bonchev–Trinajstić information content (AvgIpc) is 2.25. The molecule has 0 saturated heterocycles. The summed E-state index contributed by atoms with van der Waals surface area (Å²) in [5.74, 6) is 4.89. The number of Topliss-reactive ketones (excluding diaryl/α,β-unsaturated/α-hetero) is 1. The molecule has 0 aliphatic rings. The molecule has 86 valence electrons. The van der Waals surface area contributed by atoms with Gasteiger partial charge in [0.1, 0.15) is 5.66 Å². The van der Waals surface area contributed by atoms with Gasteiger partial charge in [0.15, 0.2) is 5.78 Å². The van der Waals surface area contributed by atoms with Crippen LogP contribution in [0.1, 0.15) is 19.8 Å². The molecule has 7 N–H and O–H groups in total. The van der Waals surface area contributed by atoms with Gasteiger partial charge in [-0.15, -0.1) is 0 Å². The highest BCUT2D eigenvalue weighted by molar-refractivity contribution is 5.88. The van der Waals surface area contributed by atoms with Crippen molar-refractivity contribution in [1.29, 1.82) is 0 Å². The number of ketones is 1. The summed E-state index contributed by atoms with van der Waals surface area (Å²) in [5, 5.41) is 3.36. The molecule has 0 spiro atoms. The molecule has 0 aromatic heterocycles. The van der Waals surface area contributed by atoms with Crippen LogP contribution in [0.4, 0.5) is 0 Å². The fourth-order valence-electron chi connectivity index (χ4n) is 1.18. The van der Waals surface area contributed by atoms with Crippen LogP contribution >= 0.6 is 0 Å². The predicted molar refractivity (Wildman–Crippen MR) is 56.1 cm³/mol. The standard InChI is InChI=1S/C7H17N7O/c1-2-3-6(15)7(9,13-10)5(4-8)12-14-11/h5,13H,2-4,8-10H2,1H3. The second-order valence-corrected chi connectivity index (χ2v) is 3.14. The van der Waals surface area contributed by atoms with E-state index in [4.69, 9.17) is 22.8 Å². The van der Waals surface area contributed by atoms with E-state index in [1.54, 1.807) is 0 Å². The highest BCUT2D eigenvalue weighted by Crippen LogP contribution is 2.11. The Morgan fingerprint density at radius 2 is 2.33 bits per heavy atom. The van der Waals surface area contributed by atoms with Gasteiger partial charge in [0, 0.05) is 17.9 Å². The van der Waals surface area contributed by atoms with Crippen molar-refractivity contribution in [1.82, 2.24) is 5.43 Å². The minimum Gasteiger partial charge on any atom is -0.330 e. The number of nitrogens with two attached hydrogens (primary N) is 3. The van der Waals surface area contributed by atoms with Crippen LogP contribution in [0.3, 0.4) is 0 Å². The molecule has 0 heterocycles. The summed E-state index contributed by atoms with van der Waals surface area (Å²) < 4.78 is 0. The first-order valence-corrected chi connectivity index (χ1v) is 4.61. The van der Waals surface area contributed by atoms with Crippen molar-refractivity contribution in [2.75, 3.05) is 6.54 Å². The van der Waals surface area contributed by atoms with E-state index < -0.39 is 11.7 Å². The van der Waals surface area contributed by atoms with Crippen LogP contribution in [0.15, 0.2) is 5.11 Å². The SMILES string of the molecule is CCCC(=O)C(N)(NN)C(CN)N=[N+]=[N-]. The maximum absolute atomic E-state index is 11.7. The lowest BCUT2D eigenvalue weighted by Gasteiger charge is -2.31. The maximum atomic E-state index is 11.7. The lowest BCUT2D eigenvalue weighted by atomic mass is 9.94. The quantitative estimate of drug-likeness (QED) is 0.108. The molecule has 0 bridgehead atoms. The fourth-order valence-corrected chi connectivity index (χ4v) is 1.18. The molecular weight excluding hydrogens is 198 g/mol. The third-order valence-corrected chi connectivity index (χ3v) is 2.12. The summed E-state index contributed by atoms with van der Waals surface area (Å²) in [4.78, 5) is 14.2. The predicted octanol–water partition coefficient (Wildman–Crippen LogP) is -0.888. The number of nitrogens with one attached hydrogen (secondary N) is 1. The molecular formula is C7H17N7O. The van der Waals surface area contributed by atoms with Crippen molar-refractivity contribution in [3.63, 3.8) is 0 Å². The van der Waals surface area contributed by atoms with Crippen molar-refractivity contribution in [3.05, 3.63) is 10.4 Å². The zero-order valence-corrected chi connectivity index (χ0v) is 8.68.